The molecule has 0 aliphatic heterocycles. The van der Waals surface area contributed by atoms with Crippen molar-refractivity contribution in [3.05, 3.63) is 24.2 Å². The maximum absolute atomic E-state index is 11.5. The molecule has 0 fully saturated rings. The standard InChI is InChI=1S/C13H24O4Si/c1-7-15-10-12(9-13(14)16-8-2)11(3)17-18(4,5)6/h10H,3,7-9H2,1-2,4-6H3/b12-10-. The number of carbonyl (C=O) groups excluding carboxylic acids is 1. The molecular weight excluding hydrogens is 248 g/mol. The second-order valence-electron chi connectivity index (χ2n) is 4.72. The van der Waals surface area contributed by atoms with Gasteiger partial charge < -0.3 is 13.9 Å². The van der Waals surface area contributed by atoms with Crippen LogP contribution in [0.5, 0.6) is 0 Å². The molecule has 0 unspecified atom stereocenters. The number of hydrogen-bond acceptors (Lipinski definition) is 4. The van der Waals surface area contributed by atoms with E-state index >= 15 is 0 Å². The van der Waals surface area contributed by atoms with Crippen molar-refractivity contribution in [2.75, 3.05) is 13.2 Å². The van der Waals surface area contributed by atoms with Crippen LogP contribution in [0.15, 0.2) is 24.2 Å². The Bertz CT molecular complexity index is 315. The minimum Gasteiger partial charge on any atom is -0.544 e. The van der Waals surface area contributed by atoms with Crippen LogP contribution in [-0.2, 0) is 18.7 Å². The van der Waals surface area contributed by atoms with Crippen LogP contribution in [0.3, 0.4) is 0 Å². The summed E-state index contributed by atoms with van der Waals surface area (Å²) in [5.41, 5.74) is 0.637. The third kappa shape index (κ3) is 7.95. The van der Waals surface area contributed by atoms with Crippen molar-refractivity contribution < 1.29 is 18.7 Å². The lowest BCUT2D eigenvalue weighted by Gasteiger charge is -2.22. The SMILES string of the molecule is C=C(O[Si](C)(C)C)/C(=C\OCC)CC(=O)OCC. The molecule has 0 saturated heterocycles. The fraction of sp³-hybridized carbons (Fsp3) is 0.615. The van der Waals surface area contributed by atoms with Crippen LogP contribution in [-0.4, -0.2) is 27.5 Å². The van der Waals surface area contributed by atoms with E-state index in [1.165, 1.54) is 6.26 Å². The van der Waals surface area contributed by atoms with E-state index in [1.54, 1.807) is 6.92 Å². The summed E-state index contributed by atoms with van der Waals surface area (Å²) in [6, 6.07) is 0. The first-order chi connectivity index (χ1) is 8.30. The Morgan fingerprint density at radius 2 is 1.83 bits per heavy atom. The predicted molar refractivity (Wildman–Crippen MR) is 74.5 cm³/mol. The highest BCUT2D eigenvalue weighted by Crippen LogP contribution is 2.19. The molecule has 5 heteroatoms. The zero-order valence-electron chi connectivity index (χ0n) is 12.0. The summed E-state index contributed by atoms with van der Waals surface area (Å²) in [6.07, 6.45) is 1.65. The Balaban J connectivity index is 4.68. The Kier molecular flexibility index (Phi) is 7.43. The van der Waals surface area contributed by atoms with Gasteiger partial charge in [-0.05, 0) is 33.5 Å². The van der Waals surface area contributed by atoms with Crippen molar-refractivity contribution in [3.63, 3.8) is 0 Å². The molecule has 0 saturated carbocycles. The van der Waals surface area contributed by atoms with Gasteiger partial charge in [-0.1, -0.05) is 6.58 Å². The molecule has 0 aromatic rings. The zero-order valence-corrected chi connectivity index (χ0v) is 13.0. The first kappa shape index (κ1) is 16.8. The van der Waals surface area contributed by atoms with Gasteiger partial charge in [-0.15, -0.1) is 0 Å². The van der Waals surface area contributed by atoms with Gasteiger partial charge in [-0.3, -0.25) is 4.79 Å². The largest absolute Gasteiger partial charge is 0.544 e. The van der Waals surface area contributed by atoms with Crippen molar-refractivity contribution in [1.82, 2.24) is 0 Å². The fourth-order valence-corrected chi connectivity index (χ4v) is 2.06. The first-order valence-electron chi connectivity index (χ1n) is 6.14. The average Bonchev–Trinajstić information content (AvgIpc) is 2.21. The lowest BCUT2D eigenvalue weighted by Crippen LogP contribution is -2.25. The van der Waals surface area contributed by atoms with E-state index in [9.17, 15) is 4.79 Å². The van der Waals surface area contributed by atoms with Gasteiger partial charge in [0.1, 0.15) is 5.76 Å². The Morgan fingerprint density at radius 1 is 1.22 bits per heavy atom. The molecule has 0 aromatic carbocycles. The number of hydrogen-bond donors (Lipinski definition) is 0. The molecule has 104 valence electrons. The minimum atomic E-state index is -1.74. The van der Waals surface area contributed by atoms with Crippen LogP contribution in [0.25, 0.3) is 0 Å². The van der Waals surface area contributed by atoms with Gasteiger partial charge in [0.05, 0.1) is 25.9 Å². The summed E-state index contributed by atoms with van der Waals surface area (Å²) >= 11 is 0. The molecule has 0 aromatic heterocycles. The summed E-state index contributed by atoms with van der Waals surface area (Å²) in [4.78, 5) is 11.5. The Hall–Kier alpha value is -1.23. The summed E-state index contributed by atoms with van der Waals surface area (Å²) in [6.45, 7) is 14.6. The van der Waals surface area contributed by atoms with Crippen LogP contribution in [0.2, 0.25) is 19.6 Å². The van der Waals surface area contributed by atoms with Crippen molar-refractivity contribution in [2.24, 2.45) is 0 Å². The number of carbonyl (C=O) groups is 1. The second-order valence-corrected chi connectivity index (χ2v) is 9.15. The van der Waals surface area contributed by atoms with Gasteiger partial charge in [0, 0.05) is 5.57 Å². The molecule has 0 rings (SSSR count). The van der Waals surface area contributed by atoms with E-state index in [-0.39, 0.29) is 12.4 Å². The van der Waals surface area contributed by atoms with Gasteiger partial charge in [0.25, 0.3) is 0 Å². The highest BCUT2D eigenvalue weighted by atomic mass is 28.4. The summed E-state index contributed by atoms with van der Waals surface area (Å²) in [5, 5.41) is 0. The highest BCUT2D eigenvalue weighted by molar-refractivity contribution is 6.70. The maximum atomic E-state index is 11.5. The smallest absolute Gasteiger partial charge is 0.310 e. The number of ether oxygens (including phenoxy) is 2. The normalized spacial score (nSPS) is 11.9. The predicted octanol–water partition coefficient (Wildman–Crippen LogP) is 3.23. The van der Waals surface area contributed by atoms with E-state index < -0.39 is 8.32 Å². The van der Waals surface area contributed by atoms with E-state index in [0.29, 0.717) is 24.5 Å². The summed E-state index contributed by atoms with van der Waals surface area (Å²) in [5.74, 6) is 0.194. The molecule has 0 N–H and O–H groups in total. The van der Waals surface area contributed by atoms with Gasteiger partial charge in [-0.2, -0.15) is 0 Å². The molecule has 0 bridgehead atoms. The second kappa shape index (κ2) is 7.97. The third-order valence-corrected chi connectivity index (χ3v) is 2.68. The average molecular weight is 272 g/mol. The number of esters is 1. The minimum absolute atomic E-state index is 0.122. The van der Waals surface area contributed by atoms with Gasteiger partial charge in [0.2, 0.25) is 8.32 Å². The summed E-state index contributed by atoms with van der Waals surface area (Å²) < 4.78 is 15.9. The molecule has 0 radical (unpaired) electrons. The van der Waals surface area contributed by atoms with E-state index in [2.05, 4.69) is 26.2 Å². The molecular formula is C13H24O4Si. The molecule has 0 amide bonds. The third-order valence-electron chi connectivity index (χ3n) is 1.82. The van der Waals surface area contributed by atoms with E-state index in [1.807, 2.05) is 6.92 Å². The molecule has 0 heterocycles. The molecule has 0 spiro atoms. The number of rotatable bonds is 8. The van der Waals surface area contributed by atoms with Crippen LogP contribution >= 0.6 is 0 Å². The van der Waals surface area contributed by atoms with E-state index in [0.717, 1.165) is 0 Å². The maximum Gasteiger partial charge on any atom is 0.310 e. The van der Waals surface area contributed by atoms with Crippen LogP contribution in [0.1, 0.15) is 20.3 Å². The lowest BCUT2D eigenvalue weighted by molar-refractivity contribution is -0.142. The quantitative estimate of drug-likeness (QED) is 0.294. The molecule has 4 nitrogen and oxygen atoms in total. The first-order valence-corrected chi connectivity index (χ1v) is 9.55. The van der Waals surface area contributed by atoms with Crippen molar-refractivity contribution in [2.45, 2.75) is 39.9 Å². The molecule has 18 heavy (non-hydrogen) atoms. The van der Waals surface area contributed by atoms with E-state index in [4.69, 9.17) is 13.9 Å². The monoisotopic (exact) mass is 272 g/mol. The van der Waals surface area contributed by atoms with Crippen LogP contribution in [0.4, 0.5) is 0 Å². The Labute approximate surface area is 111 Å². The molecule has 0 atom stereocenters. The van der Waals surface area contributed by atoms with Crippen LogP contribution in [0, 0.1) is 0 Å². The van der Waals surface area contributed by atoms with Crippen molar-refractivity contribution in [1.29, 1.82) is 0 Å². The topological polar surface area (TPSA) is 44.8 Å². The van der Waals surface area contributed by atoms with Crippen molar-refractivity contribution in [3.8, 4) is 0 Å². The van der Waals surface area contributed by atoms with Crippen molar-refractivity contribution >= 4 is 14.3 Å². The summed E-state index contributed by atoms with van der Waals surface area (Å²) in [7, 11) is -1.74. The zero-order chi connectivity index (χ0) is 14.2. The van der Waals surface area contributed by atoms with Crippen LogP contribution < -0.4 is 0 Å². The Morgan fingerprint density at radius 3 is 2.28 bits per heavy atom. The highest BCUT2D eigenvalue weighted by Gasteiger charge is 2.20. The lowest BCUT2D eigenvalue weighted by atomic mass is 10.2. The molecule has 0 aliphatic carbocycles. The molecule has 0 aliphatic rings. The van der Waals surface area contributed by atoms with Gasteiger partial charge in [-0.25, -0.2) is 0 Å². The fourth-order valence-electron chi connectivity index (χ4n) is 1.19. The van der Waals surface area contributed by atoms with Gasteiger partial charge >= 0.3 is 5.97 Å². The number of allylic oxidation sites excluding steroid dienone is 1. The van der Waals surface area contributed by atoms with Gasteiger partial charge in [0.15, 0.2) is 0 Å².